The lowest BCUT2D eigenvalue weighted by atomic mass is 10.1. The summed E-state index contributed by atoms with van der Waals surface area (Å²) in [6.45, 7) is 0. The normalized spacial score (nSPS) is 16.7. The minimum Gasteiger partial charge on any atom is -0.382 e. The number of carbonyl (C=O) groups is 1. The molecule has 1 aliphatic rings. The van der Waals surface area contributed by atoms with Crippen LogP contribution in [0.4, 0.5) is 5.69 Å². The van der Waals surface area contributed by atoms with Crippen LogP contribution < -0.4 is 10.6 Å². The third-order valence-corrected chi connectivity index (χ3v) is 3.86. The Morgan fingerprint density at radius 3 is 2.53 bits per heavy atom. The number of hydrogen-bond donors (Lipinski definition) is 2. The zero-order valence-corrected chi connectivity index (χ0v) is 11.7. The number of hydrogen-bond acceptors (Lipinski definition) is 2. The quantitative estimate of drug-likeness (QED) is 0.817. The van der Waals surface area contributed by atoms with Gasteiger partial charge in [0, 0.05) is 18.8 Å². The number of rotatable bonds is 4. The first kappa shape index (κ1) is 13.9. The molecule has 2 N–H and O–H groups in total. The molecule has 1 aromatic rings. The van der Waals surface area contributed by atoms with Crippen LogP contribution in [0.15, 0.2) is 24.3 Å². The van der Waals surface area contributed by atoms with Gasteiger partial charge in [0.05, 0.1) is 6.42 Å². The smallest absolute Gasteiger partial charge is 0.224 e. The summed E-state index contributed by atoms with van der Waals surface area (Å²) in [5.74, 6) is 0.0649. The zero-order valence-electron chi connectivity index (χ0n) is 11.7. The highest BCUT2D eigenvalue weighted by Gasteiger charge is 2.14. The van der Waals surface area contributed by atoms with E-state index < -0.39 is 0 Å². The van der Waals surface area contributed by atoms with Gasteiger partial charge < -0.3 is 10.6 Å². The molecule has 1 aliphatic carbocycles. The summed E-state index contributed by atoms with van der Waals surface area (Å²) in [6.07, 6.45) is 8.29. The lowest BCUT2D eigenvalue weighted by Crippen LogP contribution is -2.23. The minimum absolute atomic E-state index is 0.0649. The standard InChI is InChI=1S/C16H24N2O/c1-17-16(19)12-13-8-6-7-11-15(13)18-14-9-4-2-3-5-10-14/h6-8,11,14,18H,2-5,9-10,12H2,1H3,(H,17,19). The molecule has 1 amide bonds. The van der Waals surface area contributed by atoms with E-state index in [4.69, 9.17) is 0 Å². The van der Waals surface area contributed by atoms with Crippen molar-refractivity contribution in [3.63, 3.8) is 0 Å². The molecule has 0 aromatic heterocycles. The van der Waals surface area contributed by atoms with Crippen LogP contribution in [0.1, 0.15) is 44.1 Å². The molecule has 0 heterocycles. The number of para-hydroxylation sites is 1. The summed E-state index contributed by atoms with van der Waals surface area (Å²) in [5.41, 5.74) is 2.21. The third-order valence-electron chi connectivity index (χ3n) is 3.86. The Hall–Kier alpha value is -1.51. The maximum Gasteiger partial charge on any atom is 0.224 e. The van der Waals surface area contributed by atoms with Gasteiger partial charge in [0.1, 0.15) is 0 Å². The van der Waals surface area contributed by atoms with Gasteiger partial charge in [-0.1, -0.05) is 43.9 Å². The van der Waals surface area contributed by atoms with Crippen LogP contribution in [0.3, 0.4) is 0 Å². The average molecular weight is 260 g/mol. The van der Waals surface area contributed by atoms with Gasteiger partial charge in [-0.25, -0.2) is 0 Å². The van der Waals surface area contributed by atoms with E-state index in [0.29, 0.717) is 12.5 Å². The van der Waals surface area contributed by atoms with Crippen LogP contribution in [-0.2, 0) is 11.2 Å². The van der Waals surface area contributed by atoms with Crippen LogP contribution in [0.2, 0.25) is 0 Å². The van der Waals surface area contributed by atoms with Crippen LogP contribution >= 0.6 is 0 Å². The third kappa shape index (κ3) is 4.27. The van der Waals surface area contributed by atoms with Gasteiger partial charge in [0.15, 0.2) is 0 Å². The summed E-state index contributed by atoms with van der Waals surface area (Å²) in [4.78, 5) is 11.5. The van der Waals surface area contributed by atoms with Gasteiger partial charge in [-0.15, -0.1) is 0 Å². The summed E-state index contributed by atoms with van der Waals surface area (Å²) in [6, 6.07) is 8.72. The molecule has 3 nitrogen and oxygen atoms in total. The molecular formula is C16H24N2O. The fraction of sp³-hybridized carbons (Fsp3) is 0.562. The predicted molar refractivity (Wildman–Crippen MR) is 79.3 cm³/mol. The maximum atomic E-state index is 11.5. The first-order valence-electron chi connectivity index (χ1n) is 7.34. The molecule has 2 rings (SSSR count). The van der Waals surface area contributed by atoms with Crippen LogP contribution in [0, 0.1) is 0 Å². The second-order valence-corrected chi connectivity index (χ2v) is 5.34. The Balaban J connectivity index is 2.03. The van der Waals surface area contributed by atoms with E-state index in [1.807, 2.05) is 18.2 Å². The Bertz CT molecular complexity index is 409. The molecule has 19 heavy (non-hydrogen) atoms. The molecule has 0 saturated heterocycles. The van der Waals surface area contributed by atoms with E-state index in [1.54, 1.807) is 7.05 Å². The summed E-state index contributed by atoms with van der Waals surface area (Å²) < 4.78 is 0. The number of benzene rings is 1. The first-order valence-corrected chi connectivity index (χ1v) is 7.34. The molecule has 1 saturated carbocycles. The molecule has 104 valence electrons. The molecule has 0 unspecified atom stereocenters. The van der Waals surface area contributed by atoms with Crippen molar-refractivity contribution in [2.75, 3.05) is 12.4 Å². The first-order chi connectivity index (χ1) is 9.29. The molecule has 3 heteroatoms. The van der Waals surface area contributed by atoms with E-state index in [9.17, 15) is 4.79 Å². The number of likely N-dealkylation sites (N-methyl/N-ethyl adjacent to an activating group) is 1. The van der Waals surface area contributed by atoms with Crippen molar-refractivity contribution in [1.82, 2.24) is 5.32 Å². The van der Waals surface area contributed by atoms with Gasteiger partial charge in [-0.3, -0.25) is 4.79 Å². The monoisotopic (exact) mass is 260 g/mol. The van der Waals surface area contributed by atoms with E-state index >= 15 is 0 Å². The van der Waals surface area contributed by atoms with E-state index in [2.05, 4.69) is 16.7 Å². The van der Waals surface area contributed by atoms with Gasteiger partial charge in [0.25, 0.3) is 0 Å². The topological polar surface area (TPSA) is 41.1 Å². The van der Waals surface area contributed by atoms with Crippen molar-refractivity contribution in [3.8, 4) is 0 Å². The van der Waals surface area contributed by atoms with Crippen molar-refractivity contribution >= 4 is 11.6 Å². The number of anilines is 1. The van der Waals surface area contributed by atoms with E-state index in [-0.39, 0.29) is 5.91 Å². The fourth-order valence-electron chi connectivity index (χ4n) is 2.72. The number of carbonyl (C=O) groups excluding carboxylic acids is 1. The zero-order chi connectivity index (χ0) is 13.5. The Kier molecular flexibility index (Phi) is 5.25. The van der Waals surface area contributed by atoms with Crippen LogP contribution in [-0.4, -0.2) is 19.0 Å². The Labute approximate surface area is 115 Å². The second-order valence-electron chi connectivity index (χ2n) is 5.34. The van der Waals surface area contributed by atoms with E-state index in [1.165, 1.54) is 38.5 Å². The van der Waals surface area contributed by atoms with E-state index in [0.717, 1.165) is 11.3 Å². The van der Waals surface area contributed by atoms with Crippen molar-refractivity contribution in [2.24, 2.45) is 0 Å². The molecule has 0 spiro atoms. The predicted octanol–water partition coefficient (Wildman–Crippen LogP) is 3.11. The van der Waals surface area contributed by atoms with Crippen LogP contribution in [0.5, 0.6) is 0 Å². The van der Waals surface area contributed by atoms with Crippen molar-refractivity contribution in [3.05, 3.63) is 29.8 Å². The van der Waals surface area contributed by atoms with Crippen molar-refractivity contribution in [2.45, 2.75) is 51.0 Å². The molecule has 1 aromatic carbocycles. The highest BCUT2D eigenvalue weighted by molar-refractivity contribution is 5.80. The lowest BCUT2D eigenvalue weighted by molar-refractivity contribution is -0.119. The summed E-state index contributed by atoms with van der Waals surface area (Å²) >= 11 is 0. The van der Waals surface area contributed by atoms with Gasteiger partial charge in [0.2, 0.25) is 5.91 Å². The van der Waals surface area contributed by atoms with Crippen LogP contribution in [0.25, 0.3) is 0 Å². The van der Waals surface area contributed by atoms with Gasteiger partial charge >= 0.3 is 0 Å². The molecule has 0 radical (unpaired) electrons. The van der Waals surface area contributed by atoms with Gasteiger partial charge in [-0.2, -0.15) is 0 Å². The SMILES string of the molecule is CNC(=O)Cc1ccccc1NC1CCCCCC1. The molecule has 0 aliphatic heterocycles. The Morgan fingerprint density at radius 2 is 1.84 bits per heavy atom. The molecule has 0 atom stereocenters. The number of amides is 1. The second kappa shape index (κ2) is 7.17. The largest absolute Gasteiger partial charge is 0.382 e. The molecule has 0 bridgehead atoms. The van der Waals surface area contributed by atoms with Crippen molar-refractivity contribution < 1.29 is 4.79 Å². The minimum atomic E-state index is 0.0649. The molecular weight excluding hydrogens is 236 g/mol. The Morgan fingerprint density at radius 1 is 1.16 bits per heavy atom. The maximum absolute atomic E-state index is 11.5. The summed E-state index contributed by atoms with van der Waals surface area (Å²) in [7, 11) is 1.68. The number of nitrogens with one attached hydrogen (secondary N) is 2. The van der Waals surface area contributed by atoms with Gasteiger partial charge in [-0.05, 0) is 24.5 Å². The van der Waals surface area contributed by atoms with Crippen molar-refractivity contribution in [1.29, 1.82) is 0 Å². The lowest BCUT2D eigenvalue weighted by Gasteiger charge is -2.20. The molecule has 1 fully saturated rings. The highest BCUT2D eigenvalue weighted by Crippen LogP contribution is 2.23. The highest BCUT2D eigenvalue weighted by atomic mass is 16.1. The fourth-order valence-corrected chi connectivity index (χ4v) is 2.72. The average Bonchev–Trinajstić information content (AvgIpc) is 2.69. The summed E-state index contributed by atoms with van der Waals surface area (Å²) in [5, 5.41) is 6.33.